The molecule has 128 valence electrons. The quantitative estimate of drug-likeness (QED) is 0.840. The number of methoxy groups -OCH3 is 1. The van der Waals surface area contributed by atoms with Crippen LogP contribution in [-0.4, -0.2) is 59.4 Å². The van der Waals surface area contributed by atoms with Crippen molar-refractivity contribution in [3.8, 4) is 0 Å². The molecular weight excluding hydrogens is 308 g/mol. The van der Waals surface area contributed by atoms with Gasteiger partial charge in [-0.05, 0) is 31.4 Å². The largest absolute Gasteiger partial charge is 0.383 e. The normalized spacial score (nSPS) is 14.8. The predicted molar refractivity (Wildman–Crippen MR) is 89.2 cm³/mol. The molecule has 0 aliphatic carbocycles. The molecule has 1 aliphatic heterocycles. The van der Waals surface area contributed by atoms with Gasteiger partial charge in [-0.15, -0.1) is 0 Å². The van der Waals surface area contributed by atoms with Gasteiger partial charge in [0.25, 0.3) is 11.8 Å². The van der Waals surface area contributed by atoms with Gasteiger partial charge in [0.2, 0.25) is 5.82 Å². The molecule has 0 radical (unpaired) electrons. The van der Waals surface area contributed by atoms with Crippen molar-refractivity contribution in [1.82, 2.24) is 19.6 Å². The van der Waals surface area contributed by atoms with Crippen LogP contribution in [0.2, 0.25) is 0 Å². The van der Waals surface area contributed by atoms with E-state index in [1.807, 2.05) is 23.1 Å². The predicted octanol–water partition coefficient (Wildman–Crippen LogP) is 1.34. The number of rotatable bonds is 5. The molecule has 0 bridgehead atoms. The van der Waals surface area contributed by atoms with Gasteiger partial charge in [-0.2, -0.15) is 0 Å². The third-order valence-corrected chi connectivity index (χ3v) is 4.19. The number of hydrogen-bond donors (Lipinski definition) is 1. The van der Waals surface area contributed by atoms with Crippen LogP contribution in [0.5, 0.6) is 0 Å². The van der Waals surface area contributed by atoms with Crippen LogP contribution in [-0.2, 0) is 4.74 Å². The van der Waals surface area contributed by atoms with Gasteiger partial charge in [-0.1, -0.05) is 6.07 Å². The summed E-state index contributed by atoms with van der Waals surface area (Å²) in [7, 11) is 1.58. The Hall–Kier alpha value is -2.41. The Morgan fingerprint density at radius 2 is 2.04 bits per heavy atom. The van der Waals surface area contributed by atoms with Crippen molar-refractivity contribution < 1.29 is 14.3 Å². The Bertz CT molecular complexity index is 735. The van der Waals surface area contributed by atoms with Gasteiger partial charge in [0.1, 0.15) is 0 Å². The Morgan fingerprint density at radius 1 is 1.25 bits per heavy atom. The fourth-order valence-corrected chi connectivity index (χ4v) is 2.95. The first-order valence-electron chi connectivity index (χ1n) is 8.26. The molecule has 7 nitrogen and oxygen atoms in total. The highest BCUT2D eigenvalue weighted by atomic mass is 16.5. The van der Waals surface area contributed by atoms with Gasteiger partial charge in [0, 0.05) is 32.9 Å². The van der Waals surface area contributed by atoms with E-state index in [0.29, 0.717) is 24.4 Å². The van der Waals surface area contributed by atoms with E-state index >= 15 is 0 Å². The summed E-state index contributed by atoms with van der Waals surface area (Å²) >= 11 is 0. The van der Waals surface area contributed by atoms with Crippen LogP contribution in [0.4, 0.5) is 0 Å². The molecule has 1 aliphatic rings. The second-order valence-electron chi connectivity index (χ2n) is 5.84. The van der Waals surface area contributed by atoms with E-state index in [4.69, 9.17) is 4.74 Å². The van der Waals surface area contributed by atoms with Crippen LogP contribution in [0, 0.1) is 0 Å². The molecular formula is C17H22N4O3. The summed E-state index contributed by atoms with van der Waals surface area (Å²) in [6, 6.07) is 5.47. The van der Waals surface area contributed by atoms with Crippen LogP contribution in [0.25, 0.3) is 5.52 Å². The number of nitrogens with one attached hydrogen (secondary N) is 1. The van der Waals surface area contributed by atoms with E-state index in [-0.39, 0.29) is 17.6 Å². The van der Waals surface area contributed by atoms with E-state index in [2.05, 4.69) is 10.3 Å². The molecule has 1 fully saturated rings. The summed E-state index contributed by atoms with van der Waals surface area (Å²) < 4.78 is 6.60. The van der Waals surface area contributed by atoms with Crippen molar-refractivity contribution in [3.63, 3.8) is 0 Å². The fraction of sp³-hybridized carbons (Fsp3) is 0.471. The van der Waals surface area contributed by atoms with E-state index in [0.717, 1.165) is 32.4 Å². The minimum absolute atomic E-state index is 0.102. The molecule has 2 amide bonds. The summed E-state index contributed by atoms with van der Waals surface area (Å²) in [5.41, 5.74) is 0.999. The number of carbonyl (C=O) groups excluding carboxylic acids is 2. The molecule has 2 aromatic heterocycles. The van der Waals surface area contributed by atoms with Crippen molar-refractivity contribution in [1.29, 1.82) is 0 Å². The van der Waals surface area contributed by atoms with Gasteiger partial charge >= 0.3 is 0 Å². The summed E-state index contributed by atoms with van der Waals surface area (Å²) in [4.78, 5) is 31.4. The van der Waals surface area contributed by atoms with Crippen molar-refractivity contribution >= 4 is 17.3 Å². The lowest BCUT2D eigenvalue weighted by molar-refractivity contribution is 0.0721. The molecule has 0 saturated carbocycles. The maximum absolute atomic E-state index is 12.8. The second-order valence-corrected chi connectivity index (χ2v) is 5.84. The molecule has 0 unspecified atom stereocenters. The number of carbonyl (C=O) groups is 2. The molecule has 24 heavy (non-hydrogen) atoms. The van der Waals surface area contributed by atoms with Gasteiger partial charge in [0.15, 0.2) is 5.69 Å². The number of piperidine rings is 1. The summed E-state index contributed by atoms with van der Waals surface area (Å²) in [6.07, 6.45) is 4.94. The standard InChI is InChI=1S/C17H22N4O3/c1-24-12-8-18-16(22)15-19-14(13-7-3-6-11-21(13)15)17(23)20-9-4-2-5-10-20/h3,6-7,11H,2,4-5,8-10,12H2,1H3,(H,18,22). The summed E-state index contributed by atoms with van der Waals surface area (Å²) in [5.74, 6) is -0.192. The lowest BCUT2D eigenvalue weighted by Gasteiger charge is -2.25. The van der Waals surface area contributed by atoms with E-state index < -0.39 is 0 Å². The summed E-state index contributed by atoms with van der Waals surface area (Å²) in [6.45, 7) is 2.32. The highest BCUT2D eigenvalue weighted by Crippen LogP contribution is 2.18. The molecule has 0 atom stereocenters. The van der Waals surface area contributed by atoms with Gasteiger partial charge in [-0.3, -0.25) is 14.0 Å². The van der Waals surface area contributed by atoms with Crippen molar-refractivity contribution in [2.24, 2.45) is 0 Å². The zero-order valence-corrected chi connectivity index (χ0v) is 13.8. The topological polar surface area (TPSA) is 75.9 Å². The molecule has 3 heterocycles. The van der Waals surface area contributed by atoms with Gasteiger partial charge in [0.05, 0.1) is 12.1 Å². The number of pyridine rings is 1. The number of aromatic nitrogens is 2. The lowest BCUT2D eigenvalue weighted by atomic mass is 10.1. The molecule has 2 aromatic rings. The lowest BCUT2D eigenvalue weighted by Crippen LogP contribution is -2.36. The van der Waals surface area contributed by atoms with Crippen molar-refractivity contribution in [2.75, 3.05) is 33.4 Å². The van der Waals surface area contributed by atoms with Crippen LogP contribution in [0.1, 0.15) is 40.4 Å². The van der Waals surface area contributed by atoms with E-state index in [9.17, 15) is 9.59 Å². The molecule has 1 N–H and O–H groups in total. The van der Waals surface area contributed by atoms with Crippen molar-refractivity contribution in [2.45, 2.75) is 19.3 Å². The Kier molecular flexibility index (Phi) is 5.10. The van der Waals surface area contributed by atoms with E-state index in [1.54, 1.807) is 17.7 Å². The zero-order chi connectivity index (χ0) is 16.9. The first-order chi connectivity index (χ1) is 11.7. The number of fused-ring (bicyclic) bond motifs is 1. The first kappa shape index (κ1) is 16.4. The smallest absolute Gasteiger partial charge is 0.287 e. The number of nitrogens with zero attached hydrogens (tertiary/aromatic N) is 3. The zero-order valence-electron chi connectivity index (χ0n) is 13.8. The Labute approximate surface area is 140 Å². The van der Waals surface area contributed by atoms with Crippen LogP contribution < -0.4 is 5.32 Å². The maximum atomic E-state index is 12.8. The number of hydrogen-bond acceptors (Lipinski definition) is 4. The number of likely N-dealkylation sites (tertiary alicyclic amines) is 1. The summed E-state index contributed by atoms with van der Waals surface area (Å²) in [5, 5.41) is 2.75. The number of imidazole rings is 1. The highest BCUT2D eigenvalue weighted by molar-refractivity contribution is 6.02. The minimum Gasteiger partial charge on any atom is -0.383 e. The minimum atomic E-state index is -0.314. The van der Waals surface area contributed by atoms with Crippen molar-refractivity contribution in [3.05, 3.63) is 35.9 Å². The molecule has 0 spiro atoms. The fourth-order valence-electron chi connectivity index (χ4n) is 2.95. The molecule has 0 aromatic carbocycles. The Balaban J connectivity index is 1.91. The van der Waals surface area contributed by atoms with Crippen LogP contribution in [0.15, 0.2) is 24.4 Å². The average molecular weight is 330 g/mol. The number of ether oxygens (including phenoxy) is 1. The van der Waals surface area contributed by atoms with Crippen LogP contribution in [0.3, 0.4) is 0 Å². The first-order valence-corrected chi connectivity index (χ1v) is 8.26. The van der Waals surface area contributed by atoms with Gasteiger partial charge < -0.3 is 15.0 Å². The maximum Gasteiger partial charge on any atom is 0.287 e. The average Bonchev–Trinajstić information content (AvgIpc) is 3.02. The number of amides is 2. The highest BCUT2D eigenvalue weighted by Gasteiger charge is 2.25. The molecule has 3 rings (SSSR count). The molecule has 7 heteroatoms. The molecule has 1 saturated heterocycles. The second kappa shape index (κ2) is 7.44. The third-order valence-electron chi connectivity index (χ3n) is 4.19. The van der Waals surface area contributed by atoms with Gasteiger partial charge in [-0.25, -0.2) is 4.98 Å². The Morgan fingerprint density at radius 3 is 2.79 bits per heavy atom. The monoisotopic (exact) mass is 330 g/mol. The van der Waals surface area contributed by atoms with Crippen LogP contribution >= 0.6 is 0 Å². The van der Waals surface area contributed by atoms with E-state index in [1.165, 1.54) is 0 Å². The third kappa shape index (κ3) is 3.26. The SMILES string of the molecule is COCCNC(=O)c1nc(C(=O)N2CCCCC2)c2ccccn12.